The van der Waals surface area contributed by atoms with Crippen molar-refractivity contribution >= 4 is 29.3 Å². The van der Waals surface area contributed by atoms with Gasteiger partial charge in [-0.05, 0) is 24.0 Å². The van der Waals surface area contributed by atoms with E-state index in [1.54, 1.807) is 24.3 Å². The first-order valence-corrected chi connectivity index (χ1v) is 8.89. The van der Waals surface area contributed by atoms with E-state index in [0.29, 0.717) is 17.8 Å². The Bertz CT molecular complexity index is 689. The molecule has 0 spiro atoms. The zero-order valence-electron chi connectivity index (χ0n) is 15.9. The number of amides is 3. The van der Waals surface area contributed by atoms with Gasteiger partial charge in [-0.25, -0.2) is 9.59 Å². The third-order valence-electron chi connectivity index (χ3n) is 4.77. The number of ether oxygens (including phenoxy) is 1. The summed E-state index contributed by atoms with van der Waals surface area (Å²) in [6.45, 7) is 7.57. The van der Waals surface area contributed by atoms with E-state index in [9.17, 15) is 14.4 Å². The Hall–Kier alpha value is -2.57. The molecule has 0 saturated carbocycles. The van der Waals surface area contributed by atoms with Gasteiger partial charge in [0, 0.05) is 0 Å². The largest absolute Gasteiger partial charge is 0.467 e. The molecule has 3 amide bonds. The molecule has 7 heteroatoms. The van der Waals surface area contributed by atoms with Crippen LogP contribution in [0.25, 0.3) is 0 Å². The lowest BCUT2D eigenvalue weighted by molar-refractivity contribution is -0.144. The molecule has 0 aliphatic carbocycles. The van der Waals surface area contributed by atoms with Crippen LogP contribution in [0, 0.1) is 11.8 Å². The summed E-state index contributed by atoms with van der Waals surface area (Å²) in [6, 6.07) is 5.20. The van der Waals surface area contributed by atoms with Crippen molar-refractivity contribution in [2.45, 2.75) is 46.2 Å². The number of methoxy groups -OCH3 is 1. The Labute approximate surface area is 154 Å². The fourth-order valence-electron chi connectivity index (χ4n) is 3.10. The highest BCUT2D eigenvalue weighted by molar-refractivity contribution is 6.12. The lowest BCUT2D eigenvalue weighted by Crippen LogP contribution is -2.59. The minimum atomic E-state index is -0.775. The third kappa shape index (κ3) is 3.81. The molecule has 3 atom stereocenters. The number of rotatable bonds is 5. The summed E-state index contributed by atoms with van der Waals surface area (Å²) in [5, 5.41) is 5.61. The van der Waals surface area contributed by atoms with Crippen LogP contribution in [0.4, 0.5) is 16.2 Å². The molecule has 1 aliphatic heterocycles. The van der Waals surface area contributed by atoms with Crippen LogP contribution in [0.15, 0.2) is 24.3 Å². The molecule has 0 fully saturated rings. The summed E-state index contributed by atoms with van der Waals surface area (Å²) < 4.78 is 4.84. The quantitative estimate of drug-likeness (QED) is 0.790. The fraction of sp³-hybridized carbons (Fsp3) is 0.526. The molecule has 0 radical (unpaired) electrons. The second kappa shape index (κ2) is 8.21. The average molecular weight is 361 g/mol. The number of para-hydroxylation sites is 2. The van der Waals surface area contributed by atoms with Crippen LogP contribution in [0.3, 0.4) is 0 Å². The van der Waals surface area contributed by atoms with Crippen molar-refractivity contribution in [1.82, 2.24) is 5.32 Å². The first-order valence-electron chi connectivity index (χ1n) is 8.89. The van der Waals surface area contributed by atoms with Crippen molar-refractivity contribution in [2.75, 3.05) is 17.3 Å². The fourth-order valence-corrected chi connectivity index (χ4v) is 3.10. The van der Waals surface area contributed by atoms with E-state index < -0.39 is 24.1 Å². The number of carbonyl (C=O) groups is 3. The van der Waals surface area contributed by atoms with E-state index in [-0.39, 0.29) is 17.7 Å². The summed E-state index contributed by atoms with van der Waals surface area (Å²) in [6.07, 6.45) is 0.699. The lowest BCUT2D eigenvalue weighted by atomic mass is 9.97. The van der Waals surface area contributed by atoms with Gasteiger partial charge < -0.3 is 15.4 Å². The monoisotopic (exact) mass is 361 g/mol. The molecule has 0 aromatic heterocycles. The standard InChI is InChI=1S/C19H27N3O4/c1-6-12(4)15(18(24)26-5)21-19(25)22-14-10-8-7-9-13(14)20-17(23)16(22)11(2)3/h7-12,15-16H,6H2,1-5H3,(H,20,23)(H,21,25)/t12-,15+,16-/m1/s1. The molecule has 0 unspecified atom stereocenters. The number of nitrogens with one attached hydrogen (secondary N) is 2. The Morgan fingerprint density at radius 1 is 1.27 bits per heavy atom. The number of anilines is 2. The predicted octanol–water partition coefficient (Wildman–Crippen LogP) is 2.77. The number of carbonyl (C=O) groups excluding carboxylic acids is 3. The van der Waals surface area contributed by atoms with E-state index in [0.717, 1.165) is 0 Å². The smallest absolute Gasteiger partial charge is 0.328 e. The summed E-state index contributed by atoms with van der Waals surface area (Å²) >= 11 is 0. The average Bonchev–Trinajstić information content (AvgIpc) is 2.63. The molecule has 2 N–H and O–H groups in total. The first-order chi connectivity index (χ1) is 12.3. The highest BCUT2D eigenvalue weighted by Crippen LogP contribution is 2.34. The van der Waals surface area contributed by atoms with Crippen LogP contribution in [0.2, 0.25) is 0 Å². The Morgan fingerprint density at radius 2 is 1.92 bits per heavy atom. The SMILES string of the molecule is CC[C@@H](C)[C@H](NC(=O)N1c2ccccc2NC(=O)[C@H]1C(C)C)C(=O)OC. The summed E-state index contributed by atoms with van der Waals surface area (Å²) in [5.41, 5.74) is 1.18. The molecular weight excluding hydrogens is 334 g/mol. The van der Waals surface area contributed by atoms with E-state index in [4.69, 9.17) is 4.74 Å². The maximum Gasteiger partial charge on any atom is 0.328 e. The first kappa shape index (κ1) is 19.8. The van der Waals surface area contributed by atoms with Crippen LogP contribution in [-0.4, -0.2) is 37.1 Å². The molecule has 142 valence electrons. The molecule has 7 nitrogen and oxygen atoms in total. The molecule has 1 aromatic rings. The maximum atomic E-state index is 13.1. The van der Waals surface area contributed by atoms with Crippen molar-refractivity contribution in [3.05, 3.63) is 24.3 Å². The minimum absolute atomic E-state index is 0.0993. The van der Waals surface area contributed by atoms with Gasteiger partial charge in [0.2, 0.25) is 5.91 Å². The Balaban J connectivity index is 2.39. The molecule has 1 aromatic carbocycles. The van der Waals surface area contributed by atoms with Gasteiger partial charge in [-0.1, -0.05) is 46.2 Å². The van der Waals surface area contributed by atoms with E-state index in [1.165, 1.54) is 12.0 Å². The second-order valence-corrected chi connectivity index (χ2v) is 6.90. The van der Waals surface area contributed by atoms with Crippen LogP contribution in [0.1, 0.15) is 34.1 Å². The molecule has 1 heterocycles. The zero-order chi connectivity index (χ0) is 19.4. The maximum absolute atomic E-state index is 13.1. The Morgan fingerprint density at radius 3 is 2.50 bits per heavy atom. The van der Waals surface area contributed by atoms with Crippen molar-refractivity contribution in [3.8, 4) is 0 Å². The van der Waals surface area contributed by atoms with Gasteiger partial charge >= 0.3 is 12.0 Å². The summed E-state index contributed by atoms with van der Waals surface area (Å²) in [5.74, 6) is -0.942. The van der Waals surface area contributed by atoms with E-state index in [2.05, 4.69) is 10.6 Å². The predicted molar refractivity (Wildman–Crippen MR) is 100.0 cm³/mol. The van der Waals surface area contributed by atoms with Gasteiger partial charge in [0.25, 0.3) is 0 Å². The Kier molecular flexibility index (Phi) is 6.23. The van der Waals surface area contributed by atoms with Gasteiger partial charge in [0.1, 0.15) is 12.1 Å². The lowest BCUT2D eigenvalue weighted by Gasteiger charge is -2.39. The number of hydrogen-bond donors (Lipinski definition) is 2. The number of esters is 1. The normalized spacial score (nSPS) is 18.6. The van der Waals surface area contributed by atoms with Gasteiger partial charge in [0.05, 0.1) is 18.5 Å². The van der Waals surface area contributed by atoms with Crippen LogP contribution >= 0.6 is 0 Å². The topological polar surface area (TPSA) is 87.7 Å². The van der Waals surface area contributed by atoms with Crippen LogP contribution in [0.5, 0.6) is 0 Å². The number of urea groups is 1. The van der Waals surface area contributed by atoms with Gasteiger partial charge in [-0.15, -0.1) is 0 Å². The molecule has 1 aliphatic rings. The number of fused-ring (bicyclic) bond motifs is 1. The summed E-state index contributed by atoms with van der Waals surface area (Å²) in [4.78, 5) is 39.2. The van der Waals surface area contributed by atoms with Gasteiger partial charge in [-0.3, -0.25) is 9.69 Å². The van der Waals surface area contributed by atoms with Crippen molar-refractivity contribution < 1.29 is 19.1 Å². The molecular formula is C19H27N3O4. The van der Waals surface area contributed by atoms with Gasteiger partial charge in [0.15, 0.2) is 0 Å². The minimum Gasteiger partial charge on any atom is -0.467 e. The van der Waals surface area contributed by atoms with Crippen molar-refractivity contribution in [2.24, 2.45) is 11.8 Å². The van der Waals surface area contributed by atoms with Crippen LogP contribution in [-0.2, 0) is 14.3 Å². The number of benzene rings is 1. The highest BCUT2D eigenvalue weighted by Gasteiger charge is 2.40. The van der Waals surface area contributed by atoms with E-state index in [1.807, 2.05) is 27.7 Å². The third-order valence-corrected chi connectivity index (χ3v) is 4.77. The van der Waals surface area contributed by atoms with Crippen molar-refractivity contribution in [3.63, 3.8) is 0 Å². The van der Waals surface area contributed by atoms with Crippen LogP contribution < -0.4 is 15.5 Å². The van der Waals surface area contributed by atoms with Gasteiger partial charge in [-0.2, -0.15) is 0 Å². The molecule has 0 bridgehead atoms. The number of nitrogens with zero attached hydrogens (tertiary/aromatic N) is 1. The molecule has 26 heavy (non-hydrogen) atoms. The highest BCUT2D eigenvalue weighted by atomic mass is 16.5. The molecule has 0 saturated heterocycles. The van der Waals surface area contributed by atoms with E-state index >= 15 is 0 Å². The van der Waals surface area contributed by atoms with Crippen molar-refractivity contribution in [1.29, 1.82) is 0 Å². The number of hydrogen-bond acceptors (Lipinski definition) is 4. The summed E-state index contributed by atoms with van der Waals surface area (Å²) in [7, 11) is 1.30. The zero-order valence-corrected chi connectivity index (χ0v) is 15.9. The second-order valence-electron chi connectivity index (χ2n) is 6.90. The molecule has 2 rings (SSSR count).